The number of hydrogen-bond donors (Lipinski definition) is 3. The quantitative estimate of drug-likeness (QED) is 0.290. The van der Waals surface area contributed by atoms with Crippen molar-refractivity contribution in [3.63, 3.8) is 0 Å². The second kappa shape index (κ2) is 10.4. The third-order valence-corrected chi connectivity index (χ3v) is 7.60. The van der Waals surface area contributed by atoms with Gasteiger partial charge in [0.25, 0.3) is 11.8 Å². The van der Waals surface area contributed by atoms with Crippen LogP contribution in [0.4, 0.5) is 25.4 Å². The molecule has 9 nitrogen and oxygen atoms in total. The Bertz CT molecular complexity index is 1520. The zero-order valence-electron chi connectivity index (χ0n) is 21.2. The first kappa shape index (κ1) is 26.3. The summed E-state index contributed by atoms with van der Waals surface area (Å²) in [5.74, 6) is -4.61. The fourth-order valence-corrected chi connectivity index (χ4v) is 5.19. The number of benzene rings is 2. The smallest absolute Gasteiger partial charge is 0.349 e. The number of aromatic hydroxyl groups is 1. The second-order valence-electron chi connectivity index (χ2n) is 9.33. The van der Waals surface area contributed by atoms with Gasteiger partial charge in [0.1, 0.15) is 10.6 Å². The molecule has 2 aromatic carbocycles. The molecule has 0 unspecified atom stereocenters. The maximum absolute atomic E-state index is 14.7. The molecule has 0 radical (unpaired) electrons. The van der Waals surface area contributed by atoms with Gasteiger partial charge in [-0.1, -0.05) is 47.7 Å². The summed E-state index contributed by atoms with van der Waals surface area (Å²) in [5.41, 5.74) is 1.62. The fraction of sp³-hybridized carbons (Fsp3) is 0.259. The molecule has 0 bridgehead atoms. The molecule has 2 amide bonds. The zero-order chi connectivity index (χ0) is 27.7. The SMILES string of the molecule is Cc1ccc(O)c(C)c1NC(=O)c1cnc(Nc2ccn([C@@H]3CCN(C(=O)C(F)(F)c4ccccc4)C3)n2)s1. The summed E-state index contributed by atoms with van der Waals surface area (Å²) < 4.78 is 31.1. The standard InChI is InChI=1S/C27H26F2N6O3S/c1-16-8-9-20(36)17(2)23(16)32-24(37)21-14-30-26(39-21)31-22-11-13-35(33-22)19-10-12-34(15-19)25(38)27(28,29)18-6-4-3-5-7-18/h3-9,11,13-14,19,36H,10,12,15H2,1-2H3,(H,32,37)(H,30,31,33)/t19-/m1/s1. The first-order valence-corrected chi connectivity index (χ1v) is 13.1. The number of alkyl halides is 2. The average Bonchev–Trinajstić information content (AvgIpc) is 3.70. The van der Waals surface area contributed by atoms with Crippen molar-refractivity contribution in [2.24, 2.45) is 0 Å². The molecular weight excluding hydrogens is 526 g/mol. The molecule has 2 aromatic heterocycles. The highest BCUT2D eigenvalue weighted by molar-refractivity contribution is 7.17. The van der Waals surface area contributed by atoms with Crippen LogP contribution in [0.15, 0.2) is 60.9 Å². The number of phenolic OH excluding ortho intramolecular Hbond substituents is 1. The number of nitrogens with one attached hydrogen (secondary N) is 2. The van der Waals surface area contributed by atoms with E-state index in [9.17, 15) is 23.5 Å². The number of nitrogens with zero attached hydrogens (tertiary/aromatic N) is 4. The number of aromatic nitrogens is 3. The van der Waals surface area contributed by atoms with E-state index in [1.807, 2.05) is 6.92 Å². The molecular formula is C27H26F2N6O3S. The number of aryl methyl sites for hydroxylation is 1. The summed E-state index contributed by atoms with van der Waals surface area (Å²) in [4.78, 5) is 31.1. The van der Waals surface area contributed by atoms with Gasteiger partial charge in [-0.2, -0.15) is 13.9 Å². The maximum Gasteiger partial charge on any atom is 0.349 e. The average molecular weight is 553 g/mol. The summed E-state index contributed by atoms with van der Waals surface area (Å²) in [6.07, 6.45) is 3.65. The van der Waals surface area contributed by atoms with Crippen molar-refractivity contribution in [1.29, 1.82) is 0 Å². The number of halogens is 2. The van der Waals surface area contributed by atoms with Crippen LogP contribution in [0.3, 0.4) is 0 Å². The van der Waals surface area contributed by atoms with Gasteiger partial charge in [0, 0.05) is 36.5 Å². The lowest BCUT2D eigenvalue weighted by Gasteiger charge is -2.23. The lowest BCUT2D eigenvalue weighted by molar-refractivity contribution is -0.158. The van der Waals surface area contributed by atoms with Gasteiger partial charge in [-0.15, -0.1) is 0 Å². The number of anilines is 3. The summed E-state index contributed by atoms with van der Waals surface area (Å²) >= 11 is 1.14. The lowest BCUT2D eigenvalue weighted by atomic mass is 10.1. The van der Waals surface area contributed by atoms with Crippen LogP contribution in [-0.2, 0) is 10.7 Å². The van der Waals surface area contributed by atoms with Gasteiger partial charge in [-0.05, 0) is 31.9 Å². The largest absolute Gasteiger partial charge is 0.508 e. The fourth-order valence-electron chi connectivity index (χ4n) is 4.47. The highest BCUT2D eigenvalue weighted by Crippen LogP contribution is 2.34. The van der Waals surface area contributed by atoms with Crippen molar-refractivity contribution in [3.8, 4) is 5.75 Å². The van der Waals surface area contributed by atoms with Gasteiger partial charge < -0.3 is 20.6 Å². The number of rotatable bonds is 7. The number of amides is 2. The molecule has 3 heterocycles. The van der Waals surface area contributed by atoms with Crippen LogP contribution in [0, 0.1) is 13.8 Å². The second-order valence-corrected chi connectivity index (χ2v) is 10.4. The molecule has 12 heteroatoms. The predicted octanol–water partition coefficient (Wildman–Crippen LogP) is 5.22. The van der Waals surface area contributed by atoms with Crippen LogP contribution in [-0.4, -0.2) is 49.7 Å². The number of phenols is 1. The Kier molecular flexibility index (Phi) is 7.04. The van der Waals surface area contributed by atoms with E-state index in [0.29, 0.717) is 33.5 Å². The minimum atomic E-state index is -3.60. The zero-order valence-corrected chi connectivity index (χ0v) is 22.0. The van der Waals surface area contributed by atoms with Crippen LogP contribution < -0.4 is 10.6 Å². The van der Waals surface area contributed by atoms with E-state index in [4.69, 9.17) is 0 Å². The Morgan fingerprint density at radius 1 is 1.13 bits per heavy atom. The van der Waals surface area contributed by atoms with Crippen molar-refractivity contribution >= 4 is 39.8 Å². The van der Waals surface area contributed by atoms with Crippen LogP contribution in [0.5, 0.6) is 5.75 Å². The highest BCUT2D eigenvalue weighted by atomic mass is 32.1. The van der Waals surface area contributed by atoms with E-state index < -0.39 is 11.8 Å². The predicted molar refractivity (Wildman–Crippen MR) is 144 cm³/mol. The van der Waals surface area contributed by atoms with Gasteiger partial charge in [-0.3, -0.25) is 14.3 Å². The number of hydrogen-bond acceptors (Lipinski definition) is 7. The van der Waals surface area contributed by atoms with Crippen LogP contribution in [0.1, 0.15) is 38.8 Å². The highest BCUT2D eigenvalue weighted by Gasteiger charge is 2.45. The third kappa shape index (κ3) is 5.32. The number of likely N-dealkylation sites (tertiary alicyclic amines) is 1. The van der Waals surface area contributed by atoms with Crippen LogP contribution in [0.2, 0.25) is 0 Å². The lowest BCUT2D eigenvalue weighted by Crippen LogP contribution is -2.40. The molecule has 202 valence electrons. The number of carbonyl (C=O) groups is 2. The van der Waals surface area contributed by atoms with Crippen molar-refractivity contribution in [3.05, 3.63) is 82.5 Å². The van der Waals surface area contributed by atoms with E-state index >= 15 is 0 Å². The normalized spacial score (nSPS) is 15.4. The molecule has 0 spiro atoms. The van der Waals surface area contributed by atoms with Crippen LogP contribution >= 0.6 is 11.3 Å². The maximum atomic E-state index is 14.7. The van der Waals surface area contributed by atoms with E-state index in [0.717, 1.165) is 16.9 Å². The topological polar surface area (TPSA) is 112 Å². The van der Waals surface area contributed by atoms with E-state index in [-0.39, 0.29) is 36.4 Å². The van der Waals surface area contributed by atoms with Crippen molar-refractivity contribution in [2.75, 3.05) is 23.7 Å². The molecule has 1 fully saturated rings. The summed E-state index contributed by atoms with van der Waals surface area (Å²) in [5, 5.41) is 20.7. The van der Waals surface area contributed by atoms with E-state index in [1.165, 1.54) is 35.4 Å². The molecule has 39 heavy (non-hydrogen) atoms. The Labute approximate surface area is 227 Å². The Morgan fingerprint density at radius 2 is 1.90 bits per heavy atom. The molecule has 4 aromatic rings. The molecule has 5 rings (SSSR count). The third-order valence-electron chi connectivity index (χ3n) is 6.69. The van der Waals surface area contributed by atoms with Gasteiger partial charge in [0.15, 0.2) is 10.9 Å². The van der Waals surface area contributed by atoms with Gasteiger partial charge >= 0.3 is 5.92 Å². The first-order chi connectivity index (χ1) is 18.6. The minimum Gasteiger partial charge on any atom is -0.508 e. The molecule has 1 aliphatic heterocycles. The van der Waals surface area contributed by atoms with Gasteiger partial charge in [0.2, 0.25) is 0 Å². The van der Waals surface area contributed by atoms with E-state index in [1.54, 1.807) is 42.1 Å². The Morgan fingerprint density at radius 3 is 2.67 bits per heavy atom. The summed E-state index contributed by atoms with van der Waals surface area (Å²) in [6.45, 7) is 3.89. The van der Waals surface area contributed by atoms with Crippen molar-refractivity contribution in [2.45, 2.75) is 32.2 Å². The molecule has 1 aliphatic rings. The molecule has 0 aliphatic carbocycles. The van der Waals surface area contributed by atoms with Crippen molar-refractivity contribution in [1.82, 2.24) is 19.7 Å². The molecule has 0 saturated carbocycles. The monoisotopic (exact) mass is 552 g/mol. The Hall–Kier alpha value is -4.32. The van der Waals surface area contributed by atoms with Gasteiger partial charge in [0.05, 0.1) is 17.9 Å². The summed E-state index contributed by atoms with van der Waals surface area (Å²) in [6, 6.07) is 11.9. The Balaban J connectivity index is 1.20. The molecule has 1 saturated heterocycles. The minimum absolute atomic E-state index is 0.0952. The summed E-state index contributed by atoms with van der Waals surface area (Å²) in [7, 11) is 0. The number of carbonyl (C=O) groups excluding carboxylic acids is 2. The van der Waals surface area contributed by atoms with Gasteiger partial charge in [-0.25, -0.2) is 4.98 Å². The van der Waals surface area contributed by atoms with E-state index in [2.05, 4.69) is 20.7 Å². The van der Waals surface area contributed by atoms with Crippen LogP contribution in [0.25, 0.3) is 0 Å². The molecule has 3 N–H and O–H groups in total. The molecule has 1 atom stereocenters. The van der Waals surface area contributed by atoms with Crippen molar-refractivity contribution < 1.29 is 23.5 Å². The first-order valence-electron chi connectivity index (χ1n) is 12.2. The number of thiazole rings is 1.